The molecule has 0 aromatic carbocycles. The van der Waals surface area contributed by atoms with Gasteiger partial charge in [0.1, 0.15) is 12.1 Å². The van der Waals surface area contributed by atoms with Crippen LogP contribution in [0.25, 0.3) is 5.65 Å². The Balaban J connectivity index is 1.75. The second-order valence-corrected chi connectivity index (χ2v) is 5.44. The van der Waals surface area contributed by atoms with Crippen molar-refractivity contribution >= 4 is 11.5 Å². The molecule has 1 saturated carbocycles. The van der Waals surface area contributed by atoms with Crippen LogP contribution in [0, 0.1) is 12.8 Å². The monoisotopic (exact) mass is 260 g/mol. The number of aliphatic hydroxyl groups is 1. The van der Waals surface area contributed by atoms with E-state index in [1.54, 1.807) is 6.33 Å². The fourth-order valence-electron chi connectivity index (χ4n) is 2.84. The Morgan fingerprint density at radius 1 is 1.37 bits per heavy atom. The zero-order chi connectivity index (χ0) is 13.2. The zero-order valence-electron chi connectivity index (χ0n) is 11.2. The summed E-state index contributed by atoms with van der Waals surface area (Å²) in [4.78, 5) is 4.21. The van der Waals surface area contributed by atoms with Crippen LogP contribution in [0.1, 0.15) is 31.2 Å². The van der Waals surface area contributed by atoms with E-state index in [4.69, 9.17) is 0 Å². The van der Waals surface area contributed by atoms with Crippen LogP contribution >= 0.6 is 0 Å². The van der Waals surface area contributed by atoms with Crippen molar-refractivity contribution in [3.05, 3.63) is 24.0 Å². The lowest BCUT2D eigenvalue weighted by Gasteiger charge is -2.28. The van der Waals surface area contributed by atoms with Gasteiger partial charge in [-0.05, 0) is 37.5 Å². The van der Waals surface area contributed by atoms with Gasteiger partial charge >= 0.3 is 0 Å². The van der Waals surface area contributed by atoms with Gasteiger partial charge in [0.15, 0.2) is 5.65 Å². The van der Waals surface area contributed by atoms with Gasteiger partial charge in [-0.15, -0.1) is 0 Å². The van der Waals surface area contributed by atoms with Gasteiger partial charge in [-0.3, -0.25) is 0 Å². The van der Waals surface area contributed by atoms with Crippen molar-refractivity contribution in [3.63, 3.8) is 0 Å². The van der Waals surface area contributed by atoms with E-state index in [9.17, 15) is 5.11 Å². The first kappa shape index (κ1) is 12.4. The Morgan fingerprint density at radius 2 is 2.21 bits per heavy atom. The highest BCUT2D eigenvalue weighted by Crippen LogP contribution is 2.25. The predicted molar refractivity (Wildman–Crippen MR) is 74.2 cm³/mol. The number of nitrogens with zero attached hydrogens (tertiary/aromatic N) is 3. The molecule has 2 N–H and O–H groups in total. The molecule has 102 valence electrons. The number of aryl methyl sites for hydroxylation is 1. The molecule has 0 spiro atoms. The van der Waals surface area contributed by atoms with Crippen molar-refractivity contribution in [2.75, 3.05) is 11.9 Å². The Bertz CT molecular complexity index is 566. The second kappa shape index (κ2) is 5.17. The molecule has 1 aliphatic carbocycles. The summed E-state index contributed by atoms with van der Waals surface area (Å²) in [6.07, 6.45) is 5.79. The molecule has 2 unspecified atom stereocenters. The molecule has 0 amide bonds. The van der Waals surface area contributed by atoms with Crippen molar-refractivity contribution in [2.45, 2.75) is 38.7 Å². The van der Waals surface area contributed by atoms with E-state index in [0.717, 1.165) is 42.8 Å². The number of hydrogen-bond donors (Lipinski definition) is 2. The molecule has 0 aliphatic heterocycles. The van der Waals surface area contributed by atoms with Crippen LogP contribution in [-0.4, -0.2) is 32.4 Å². The quantitative estimate of drug-likeness (QED) is 0.886. The summed E-state index contributed by atoms with van der Waals surface area (Å²) in [7, 11) is 0. The van der Waals surface area contributed by atoms with Gasteiger partial charge in [0.25, 0.3) is 0 Å². The second-order valence-electron chi connectivity index (χ2n) is 5.44. The van der Waals surface area contributed by atoms with Gasteiger partial charge in [0.2, 0.25) is 0 Å². The van der Waals surface area contributed by atoms with Gasteiger partial charge in [-0.2, -0.15) is 9.61 Å². The number of fused-ring (bicyclic) bond motifs is 1. The van der Waals surface area contributed by atoms with E-state index in [1.807, 2.05) is 10.6 Å². The van der Waals surface area contributed by atoms with Crippen LogP contribution in [0.2, 0.25) is 0 Å². The molecule has 1 aliphatic rings. The largest absolute Gasteiger partial charge is 0.393 e. The number of nitrogens with one attached hydrogen (secondary N) is 1. The minimum atomic E-state index is -0.169. The van der Waals surface area contributed by atoms with E-state index in [2.05, 4.69) is 28.4 Å². The topological polar surface area (TPSA) is 62.5 Å². The molecule has 1 fully saturated rings. The summed E-state index contributed by atoms with van der Waals surface area (Å²) in [5.74, 6) is 1.29. The standard InChI is InChI=1S/C14H20N4O/c1-10-6-13(18-14(7-10)16-9-17-18)15-8-11-4-2-3-5-12(11)19/h6-7,9,11-12,15,19H,2-5,8H2,1H3. The third kappa shape index (κ3) is 2.56. The van der Waals surface area contributed by atoms with Gasteiger partial charge < -0.3 is 10.4 Å². The van der Waals surface area contributed by atoms with Crippen LogP contribution in [0.15, 0.2) is 18.5 Å². The van der Waals surface area contributed by atoms with E-state index in [0.29, 0.717) is 5.92 Å². The maximum atomic E-state index is 10.0. The third-order valence-electron chi connectivity index (χ3n) is 3.94. The first-order valence-electron chi connectivity index (χ1n) is 6.96. The van der Waals surface area contributed by atoms with E-state index in [-0.39, 0.29) is 6.10 Å². The third-order valence-corrected chi connectivity index (χ3v) is 3.94. The van der Waals surface area contributed by atoms with E-state index < -0.39 is 0 Å². The number of anilines is 1. The van der Waals surface area contributed by atoms with Gasteiger partial charge in [-0.1, -0.05) is 12.8 Å². The summed E-state index contributed by atoms with van der Waals surface area (Å²) in [6, 6.07) is 4.07. The molecule has 19 heavy (non-hydrogen) atoms. The van der Waals surface area contributed by atoms with Crippen LogP contribution < -0.4 is 5.32 Å². The molecule has 5 heteroatoms. The molecule has 0 bridgehead atoms. The van der Waals surface area contributed by atoms with Gasteiger partial charge in [0, 0.05) is 12.5 Å². The summed E-state index contributed by atoms with van der Waals surface area (Å²) in [5.41, 5.74) is 2.01. The number of pyridine rings is 1. The summed E-state index contributed by atoms with van der Waals surface area (Å²) in [5, 5.41) is 17.6. The van der Waals surface area contributed by atoms with E-state index >= 15 is 0 Å². The van der Waals surface area contributed by atoms with Crippen LogP contribution in [0.4, 0.5) is 5.82 Å². The maximum absolute atomic E-state index is 10.0. The first-order chi connectivity index (χ1) is 9.24. The fraction of sp³-hybridized carbons (Fsp3) is 0.571. The van der Waals surface area contributed by atoms with Crippen molar-refractivity contribution in [3.8, 4) is 0 Å². The van der Waals surface area contributed by atoms with Crippen molar-refractivity contribution in [1.29, 1.82) is 0 Å². The average molecular weight is 260 g/mol. The minimum absolute atomic E-state index is 0.169. The van der Waals surface area contributed by atoms with Crippen LogP contribution in [-0.2, 0) is 0 Å². The zero-order valence-corrected chi connectivity index (χ0v) is 11.2. The summed E-state index contributed by atoms with van der Waals surface area (Å²) >= 11 is 0. The van der Waals surface area contributed by atoms with Gasteiger partial charge in [0.05, 0.1) is 6.10 Å². The van der Waals surface area contributed by atoms with E-state index in [1.165, 1.54) is 6.42 Å². The molecule has 3 rings (SSSR count). The molecule has 0 saturated heterocycles. The molecular weight excluding hydrogens is 240 g/mol. The lowest BCUT2D eigenvalue weighted by Crippen LogP contribution is -2.30. The Labute approximate surface area is 112 Å². The van der Waals surface area contributed by atoms with Crippen LogP contribution in [0.3, 0.4) is 0 Å². The van der Waals surface area contributed by atoms with Crippen LogP contribution in [0.5, 0.6) is 0 Å². The molecule has 2 aromatic rings. The van der Waals surface area contributed by atoms with Gasteiger partial charge in [-0.25, -0.2) is 4.98 Å². The lowest BCUT2D eigenvalue weighted by molar-refractivity contribution is 0.0763. The van der Waals surface area contributed by atoms with Crippen molar-refractivity contribution in [1.82, 2.24) is 14.6 Å². The smallest absolute Gasteiger partial charge is 0.157 e. The Hall–Kier alpha value is -1.62. The normalized spacial score (nSPS) is 23.7. The molecular formula is C14H20N4O. The SMILES string of the molecule is Cc1cc(NCC2CCCCC2O)n2ncnc2c1. The number of aromatic nitrogens is 3. The highest BCUT2D eigenvalue weighted by Gasteiger charge is 2.22. The molecule has 5 nitrogen and oxygen atoms in total. The first-order valence-corrected chi connectivity index (χ1v) is 6.96. The molecule has 2 heterocycles. The number of rotatable bonds is 3. The highest BCUT2D eigenvalue weighted by atomic mass is 16.3. The Morgan fingerprint density at radius 3 is 3.05 bits per heavy atom. The summed E-state index contributed by atoms with van der Waals surface area (Å²) in [6.45, 7) is 2.84. The average Bonchev–Trinajstić information content (AvgIpc) is 2.85. The highest BCUT2D eigenvalue weighted by molar-refractivity contribution is 5.51. The Kier molecular flexibility index (Phi) is 3.38. The van der Waals surface area contributed by atoms with Crippen molar-refractivity contribution < 1.29 is 5.11 Å². The minimum Gasteiger partial charge on any atom is -0.393 e. The number of aliphatic hydroxyl groups excluding tert-OH is 1. The molecule has 2 aromatic heterocycles. The fourth-order valence-corrected chi connectivity index (χ4v) is 2.84. The predicted octanol–water partition coefficient (Wildman–Crippen LogP) is 2.00. The molecule has 2 atom stereocenters. The lowest BCUT2D eigenvalue weighted by atomic mass is 9.86. The number of hydrogen-bond acceptors (Lipinski definition) is 4. The molecule has 0 radical (unpaired) electrons. The van der Waals surface area contributed by atoms with Crippen molar-refractivity contribution in [2.24, 2.45) is 5.92 Å². The summed E-state index contributed by atoms with van der Waals surface area (Å²) < 4.78 is 1.81. The maximum Gasteiger partial charge on any atom is 0.157 e.